The third-order valence-corrected chi connectivity index (χ3v) is 2.99. The van der Waals surface area contributed by atoms with Gasteiger partial charge in [0.05, 0.1) is 24.3 Å². The summed E-state index contributed by atoms with van der Waals surface area (Å²) in [5.41, 5.74) is 1.34. The van der Waals surface area contributed by atoms with Crippen LogP contribution in [-0.4, -0.2) is 33.7 Å². The molecular formula is C12H15N3O3S. The van der Waals surface area contributed by atoms with E-state index in [9.17, 15) is 13.2 Å². The molecule has 0 radical (unpaired) electrons. The largest absolute Gasteiger partial charge is 0.355 e. The second-order valence-corrected chi connectivity index (χ2v) is 5.83. The Hall–Kier alpha value is -1.91. The molecule has 0 unspecified atom stereocenters. The first-order chi connectivity index (χ1) is 8.90. The SMILES string of the molecule is CS(=O)(=O)NCCNC(=O)Cc1ccc(C#N)cc1. The number of carbonyl (C=O) groups excluding carboxylic acids is 1. The number of sulfonamides is 1. The van der Waals surface area contributed by atoms with Crippen LogP contribution in [0.15, 0.2) is 24.3 Å². The number of hydrogen-bond donors (Lipinski definition) is 2. The highest BCUT2D eigenvalue weighted by molar-refractivity contribution is 7.88. The molecule has 0 fully saturated rings. The van der Waals surface area contributed by atoms with Gasteiger partial charge >= 0.3 is 0 Å². The molecule has 2 N–H and O–H groups in total. The van der Waals surface area contributed by atoms with Crippen molar-refractivity contribution in [1.82, 2.24) is 10.0 Å². The maximum Gasteiger partial charge on any atom is 0.224 e. The van der Waals surface area contributed by atoms with Crippen LogP contribution in [0.3, 0.4) is 0 Å². The van der Waals surface area contributed by atoms with E-state index >= 15 is 0 Å². The minimum atomic E-state index is -3.22. The van der Waals surface area contributed by atoms with Crippen LogP contribution >= 0.6 is 0 Å². The zero-order valence-corrected chi connectivity index (χ0v) is 11.3. The van der Waals surface area contributed by atoms with Gasteiger partial charge in [-0.2, -0.15) is 5.26 Å². The van der Waals surface area contributed by atoms with Crippen LogP contribution in [0.25, 0.3) is 0 Å². The molecule has 102 valence electrons. The quantitative estimate of drug-likeness (QED) is 0.703. The van der Waals surface area contributed by atoms with Gasteiger partial charge < -0.3 is 5.32 Å². The Labute approximate surface area is 112 Å². The molecule has 0 heterocycles. The number of nitrogens with one attached hydrogen (secondary N) is 2. The fourth-order valence-electron chi connectivity index (χ4n) is 1.38. The summed E-state index contributed by atoms with van der Waals surface area (Å²) < 4.78 is 23.8. The molecule has 0 bridgehead atoms. The van der Waals surface area contributed by atoms with Crippen molar-refractivity contribution in [3.8, 4) is 6.07 Å². The monoisotopic (exact) mass is 281 g/mol. The first kappa shape index (κ1) is 15.1. The number of nitriles is 1. The minimum Gasteiger partial charge on any atom is -0.355 e. The smallest absolute Gasteiger partial charge is 0.224 e. The normalized spacial score (nSPS) is 10.7. The molecule has 0 spiro atoms. The van der Waals surface area contributed by atoms with Gasteiger partial charge in [-0.1, -0.05) is 12.1 Å². The van der Waals surface area contributed by atoms with E-state index in [1.807, 2.05) is 6.07 Å². The Morgan fingerprint density at radius 3 is 2.42 bits per heavy atom. The molecule has 0 aliphatic heterocycles. The molecule has 6 nitrogen and oxygen atoms in total. The number of rotatable bonds is 6. The molecule has 0 saturated heterocycles. The fourth-order valence-corrected chi connectivity index (χ4v) is 1.86. The average Bonchev–Trinajstić information content (AvgIpc) is 2.34. The highest BCUT2D eigenvalue weighted by atomic mass is 32.2. The van der Waals surface area contributed by atoms with Crippen molar-refractivity contribution in [3.05, 3.63) is 35.4 Å². The molecule has 1 aromatic rings. The van der Waals surface area contributed by atoms with Gasteiger partial charge in [0, 0.05) is 13.1 Å². The third-order valence-electron chi connectivity index (χ3n) is 2.26. The second-order valence-electron chi connectivity index (χ2n) is 4.00. The summed E-state index contributed by atoms with van der Waals surface area (Å²) in [7, 11) is -3.22. The fraction of sp³-hybridized carbons (Fsp3) is 0.333. The Balaban J connectivity index is 2.33. The lowest BCUT2D eigenvalue weighted by atomic mass is 10.1. The number of nitrogens with zero attached hydrogens (tertiary/aromatic N) is 1. The maximum atomic E-state index is 11.5. The minimum absolute atomic E-state index is 0.165. The first-order valence-electron chi connectivity index (χ1n) is 5.61. The Morgan fingerprint density at radius 1 is 1.26 bits per heavy atom. The van der Waals surface area contributed by atoms with Crippen molar-refractivity contribution in [3.63, 3.8) is 0 Å². The van der Waals surface area contributed by atoms with Crippen molar-refractivity contribution in [2.24, 2.45) is 0 Å². The maximum absolute atomic E-state index is 11.5. The van der Waals surface area contributed by atoms with Crippen molar-refractivity contribution in [2.45, 2.75) is 6.42 Å². The molecule has 0 aromatic heterocycles. The number of carbonyl (C=O) groups is 1. The highest BCUT2D eigenvalue weighted by Crippen LogP contribution is 2.03. The van der Waals surface area contributed by atoms with Crippen molar-refractivity contribution in [2.75, 3.05) is 19.3 Å². The van der Waals surface area contributed by atoms with Gasteiger partial charge in [-0.3, -0.25) is 4.79 Å². The molecule has 1 rings (SSSR count). The zero-order chi connectivity index (χ0) is 14.3. The Kier molecular flexibility index (Phi) is 5.48. The summed E-state index contributed by atoms with van der Waals surface area (Å²) in [6.45, 7) is 0.403. The second kappa shape index (κ2) is 6.87. The molecule has 0 aliphatic carbocycles. The van der Waals surface area contributed by atoms with E-state index in [-0.39, 0.29) is 25.4 Å². The number of hydrogen-bond acceptors (Lipinski definition) is 4. The van der Waals surface area contributed by atoms with Gasteiger partial charge in [0.15, 0.2) is 0 Å². The molecule has 0 saturated carbocycles. The lowest BCUT2D eigenvalue weighted by Crippen LogP contribution is -2.34. The topological polar surface area (TPSA) is 99.1 Å². The van der Waals surface area contributed by atoms with Crippen molar-refractivity contribution in [1.29, 1.82) is 5.26 Å². The van der Waals surface area contributed by atoms with Crippen LogP contribution in [0.1, 0.15) is 11.1 Å². The molecule has 1 aromatic carbocycles. The predicted octanol–water partition coefficient (Wildman–Crippen LogP) is -0.234. The van der Waals surface area contributed by atoms with E-state index in [1.165, 1.54) is 0 Å². The van der Waals surface area contributed by atoms with Gasteiger partial charge in [0.1, 0.15) is 0 Å². The molecule has 1 amide bonds. The standard InChI is InChI=1S/C12H15N3O3S/c1-19(17,18)15-7-6-14-12(16)8-10-2-4-11(9-13)5-3-10/h2-5,15H,6-8H2,1H3,(H,14,16). The lowest BCUT2D eigenvalue weighted by molar-refractivity contribution is -0.120. The van der Waals surface area contributed by atoms with Gasteiger partial charge in [-0.15, -0.1) is 0 Å². The first-order valence-corrected chi connectivity index (χ1v) is 7.50. The van der Waals surface area contributed by atoms with Crippen LogP contribution in [0.4, 0.5) is 0 Å². The molecule has 19 heavy (non-hydrogen) atoms. The van der Waals surface area contributed by atoms with Gasteiger partial charge in [0.25, 0.3) is 0 Å². The molecule has 0 atom stereocenters. The van der Waals surface area contributed by atoms with Gasteiger partial charge in [-0.25, -0.2) is 13.1 Å². The summed E-state index contributed by atoms with van der Waals surface area (Å²) >= 11 is 0. The van der Waals surface area contributed by atoms with Crippen LogP contribution in [0.2, 0.25) is 0 Å². The lowest BCUT2D eigenvalue weighted by Gasteiger charge is -2.05. The van der Waals surface area contributed by atoms with Gasteiger partial charge in [-0.05, 0) is 17.7 Å². The molecule has 7 heteroatoms. The zero-order valence-electron chi connectivity index (χ0n) is 10.5. The third kappa shape index (κ3) is 6.55. The summed E-state index contributed by atoms with van der Waals surface area (Å²) in [5, 5.41) is 11.2. The van der Waals surface area contributed by atoms with Crippen LogP contribution < -0.4 is 10.0 Å². The Bertz CT molecular complexity index is 573. The van der Waals surface area contributed by atoms with Crippen molar-refractivity contribution >= 4 is 15.9 Å². The van der Waals surface area contributed by atoms with Crippen LogP contribution in [0, 0.1) is 11.3 Å². The predicted molar refractivity (Wildman–Crippen MR) is 70.7 cm³/mol. The average molecular weight is 281 g/mol. The van der Waals surface area contributed by atoms with Crippen LogP contribution in [-0.2, 0) is 21.2 Å². The highest BCUT2D eigenvalue weighted by Gasteiger charge is 2.04. The van der Waals surface area contributed by atoms with Crippen molar-refractivity contribution < 1.29 is 13.2 Å². The van der Waals surface area contributed by atoms with E-state index < -0.39 is 10.0 Å². The summed E-state index contributed by atoms with van der Waals surface area (Å²) in [6.07, 6.45) is 1.26. The number of amides is 1. The Morgan fingerprint density at radius 2 is 1.89 bits per heavy atom. The number of benzene rings is 1. The van der Waals surface area contributed by atoms with E-state index in [0.717, 1.165) is 11.8 Å². The molecular weight excluding hydrogens is 266 g/mol. The van der Waals surface area contributed by atoms with Gasteiger partial charge in [0.2, 0.25) is 15.9 Å². The summed E-state index contributed by atoms with van der Waals surface area (Å²) in [6, 6.07) is 8.72. The summed E-state index contributed by atoms with van der Waals surface area (Å²) in [5.74, 6) is -0.194. The van der Waals surface area contributed by atoms with E-state index in [2.05, 4.69) is 10.0 Å². The molecule has 0 aliphatic rings. The van der Waals surface area contributed by atoms with E-state index in [4.69, 9.17) is 5.26 Å². The van der Waals surface area contributed by atoms with E-state index in [0.29, 0.717) is 5.56 Å². The summed E-state index contributed by atoms with van der Waals surface area (Å²) in [4.78, 5) is 11.5. The van der Waals surface area contributed by atoms with E-state index in [1.54, 1.807) is 24.3 Å². The van der Waals surface area contributed by atoms with Crippen LogP contribution in [0.5, 0.6) is 0 Å².